The Morgan fingerprint density at radius 1 is 1.06 bits per heavy atom. The molecule has 3 N–H and O–H groups in total. The fourth-order valence-corrected chi connectivity index (χ4v) is 3.57. The highest BCUT2D eigenvalue weighted by molar-refractivity contribution is 6.29. The molecule has 0 saturated carbocycles. The normalized spacial score (nSPS) is 11.2. The fraction of sp³-hybridized carbons (Fsp3) is 0.263. The van der Waals surface area contributed by atoms with Crippen LogP contribution in [0.4, 0.5) is 17.6 Å². The van der Waals surface area contributed by atoms with Crippen molar-refractivity contribution in [3.8, 4) is 0 Å². The number of aryl methyl sites for hydroxylation is 2. The number of hydrogen-bond donors (Lipinski definition) is 2. The first-order valence-electron chi connectivity index (χ1n) is 9.47. The van der Waals surface area contributed by atoms with E-state index in [1.807, 2.05) is 31.2 Å². The highest BCUT2D eigenvalue weighted by Crippen LogP contribution is 2.21. The van der Waals surface area contributed by atoms with Crippen LogP contribution >= 0.6 is 11.6 Å². The predicted molar refractivity (Wildman–Crippen MR) is 118 cm³/mol. The highest BCUT2D eigenvalue weighted by atomic mass is 35.5. The topological polar surface area (TPSA) is 139 Å². The first kappa shape index (κ1) is 20.5. The third-order valence-electron chi connectivity index (χ3n) is 4.94. The van der Waals surface area contributed by atoms with Crippen LogP contribution in [-0.4, -0.2) is 33.6 Å². The van der Waals surface area contributed by atoms with Crippen molar-refractivity contribution in [2.24, 2.45) is 14.1 Å². The largest absolute Gasteiger partial charge is 0.368 e. The summed E-state index contributed by atoms with van der Waals surface area (Å²) >= 11 is 6.29. The zero-order valence-electron chi connectivity index (χ0n) is 17.1. The number of benzene rings is 1. The summed E-state index contributed by atoms with van der Waals surface area (Å²) in [6, 6.07) is 7.79. The van der Waals surface area contributed by atoms with Crippen LogP contribution in [0.5, 0.6) is 0 Å². The number of imidazole rings is 1. The Balaban J connectivity index is 1.77. The van der Waals surface area contributed by atoms with Gasteiger partial charge in [-0.1, -0.05) is 25.1 Å². The first-order valence-corrected chi connectivity index (χ1v) is 9.85. The number of halogens is 1. The van der Waals surface area contributed by atoms with E-state index < -0.39 is 11.2 Å². The standard InChI is InChI=1S/C19H20ClN9O2/c1-4-10-7-5-6-8-11(10)22-18-24-12(23-17(21)26-18)9-29-13-14(25-16(29)20)27(2)19(31)28(3)15(13)30/h5-8H,4,9H2,1-3H3,(H3,21,22,23,24,26). The summed E-state index contributed by atoms with van der Waals surface area (Å²) in [5.74, 6) is 0.563. The molecule has 0 unspecified atom stereocenters. The van der Waals surface area contributed by atoms with Gasteiger partial charge in [-0.3, -0.25) is 13.9 Å². The molecule has 31 heavy (non-hydrogen) atoms. The van der Waals surface area contributed by atoms with E-state index in [2.05, 4.69) is 25.3 Å². The van der Waals surface area contributed by atoms with Crippen LogP contribution in [0.25, 0.3) is 11.2 Å². The summed E-state index contributed by atoms with van der Waals surface area (Å²) in [6.07, 6.45) is 0.829. The number of hydrogen-bond acceptors (Lipinski definition) is 8. The van der Waals surface area contributed by atoms with Crippen LogP contribution in [-0.2, 0) is 27.1 Å². The van der Waals surface area contributed by atoms with Crippen molar-refractivity contribution in [3.05, 3.63) is 61.8 Å². The van der Waals surface area contributed by atoms with Gasteiger partial charge in [0, 0.05) is 19.8 Å². The average molecular weight is 442 g/mol. The number of para-hydroxylation sites is 1. The molecule has 0 radical (unpaired) electrons. The van der Waals surface area contributed by atoms with Gasteiger partial charge in [0.1, 0.15) is 0 Å². The Kier molecular flexibility index (Phi) is 5.19. The van der Waals surface area contributed by atoms with E-state index in [0.29, 0.717) is 0 Å². The Morgan fingerprint density at radius 2 is 1.81 bits per heavy atom. The van der Waals surface area contributed by atoms with E-state index in [9.17, 15) is 9.59 Å². The first-order chi connectivity index (χ1) is 14.8. The van der Waals surface area contributed by atoms with E-state index in [0.717, 1.165) is 22.2 Å². The second-order valence-corrected chi connectivity index (χ2v) is 7.25. The minimum atomic E-state index is -0.519. The molecule has 3 heterocycles. The number of anilines is 3. The molecule has 0 spiro atoms. The molecule has 4 aromatic rings. The van der Waals surface area contributed by atoms with Gasteiger partial charge in [-0.2, -0.15) is 19.9 Å². The Morgan fingerprint density at radius 3 is 2.55 bits per heavy atom. The third-order valence-corrected chi connectivity index (χ3v) is 5.23. The molecule has 11 nitrogen and oxygen atoms in total. The molecule has 160 valence electrons. The van der Waals surface area contributed by atoms with Gasteiger partial charge in [0.05, 0.1) is 6.54 Å². The Bertz CT molecular complexity index is 1420. The van der Waals surface area contributed by atoms with E-state index in [1.54, 1.807) is 0 Å². The van der Waals surface area contributed by atoms with Crippen LogP contribution in [0.15, 0.2) is 33.9 Å². The molecule has 0 fully saturated rings. The third kappa shape index (κ3) is 3.63. The number of nitrogens with two attached hydrogens (primary N) is 1. The van der Waals surface area contributed by atoms with Crippen molar-refractivity contribution < 1.29 is 0 Å². The summed E-state index contributed by atoms with van der Waals surface area (Å²) in [4.78, 5) is 41.8. The molecule has 0 atom stereocenters. The molecule has 0 aliphatic carbocycles. The number of nitrogens with zero attached hydrogens (tertiary/aromatic N) is 7. The Hall–Kier alpha value is -3.73. The van der Waals surface area contributed by atoms with Gasteiger partial charge in [0.2, 0.25) is 17.2 Å². The van der Waals surface area contributed by atoms with Gasteiger partial charge in [0.25, 0.3) is 5.56 Å². The number of aromatic nitrogens is 7. The minimum Gasteiger partial charge on any atom is -0.368 e. The molecule has 4 rings (SSSR count). The van der Waals surface area contributed by atoms with Crippen molar-refractivity contribution >= 4 is 40.3 Å². The smallest absolute Gasteiger partial charge is 0.332 e. The van der Waals surface area contributed by atoms with Crippen LogP contribution in [0, 0.1) is 0 Å². The van der Waals surface area contributed by atoms with Gasteiger partial charge >= 0.3 is 5.69 Å². The number of nitrogens with one attached hydrogen (secondary N) is 1. The second kappa shape index (κ2) is 7.84. The molecule has 0 amide bonds. The lowest BCUT2D eigenvalue weighted by atomic mass is 10.1. The highest BCUT2D eigenvalue weighted by Gasteiger charge is 2.19. The molecular weight excluding hydrogens is 422 g/mol. The fourth-order valence-electron chi connectivity index (χ4n) is 3.34. The summed E-state index contributed by atoms with van der Waals surface area (Å²) in [6.45, 7) is 2.06. The average Bonchev–Trinajstić information content (AvgIpc) is 3.07. The van der Waals surface area contributed by atoms with Gasteiger partial charge in [-0.05, 0) is 29.7 Å². The van der Waals surface area contributed by atoms with Crippen molar-refractivity contribution in [1.82, 2.24) is 33.6 Å². The maximum Gasteiger partial charge on any atom is 0.332 e. The zero-order valence-corrected chi connectivity index (χ0v) is 17.9. The molecule has 3 aromatic heterocycles. The summed E-state index contributed by atoms with van der Waals surface area (Å²) in [5, 5.41) is 3.19. The monoisotopic (exact) mass is 441 g/mol. The van der Waals surface area contributed by atoms with Crippen molar-refractivity contribution in [1.29, 1.82) is 0 Å². The van der Waals surface area contributed by atoms with Gasteiger partial charge in [-0.15, -0.1) is 0 Å². The second-order valence-electron chi connectivity index (χ2n) is 6.91. The quantitative estimate of drug-likeness (QED) is 0.440. The lowest BCUT2D eigenvalue weighted by Crippen LogP contribution is -2.37. The maximum atomic E-state index is 12.7. The van der Waals surface area contributed by atoms with Gasteiger partial charge < -0.3 is 15.6 Å². The van der Waals surface area contributed by atoms with Gasteiger partial charge in [0.15, 0.2) is 17.0 Å². The minimum absolute atomic E-state index is 0.0135. The Labute approximate surface area is 181 Å². The number of rotatable bonds is 5. The van der Waals surface area contributed by atoms with E-state index in [1.165, 1.54) is 23.2 Å². The van der Waals surface area contributed by atoms with Crippen molar-refractivity contribution in [3.63, 3.8) is 0 Å². The van der Waals surface area contributed by atoms with Crippen LogP contribution < -0.4 is 22.3 Å². The number of nitrogen functional groups attached to an aromatic ring is 1. The van der Waals surface area contributed by atoms with Crippen LogP contribution in [0.2, 0.25) is 5.28 Å². The lowest BCUT2D eigenvalue weighted by Gasteiger charge is -2.11. The molecule has 0 bridgehead atoms. The lowest BCUT2D eigenvalue weighted by molar-refractivity contribution is 0.698. The maximum absolute atomic E-state index is 12.7. The molecule has 12 heteroatoms. The SMILES string of the molecule is CCc1ccccc1Nc1nc(N)nc(Cn2c(Cl)nc3c2c(=O)n(C)c(=O)n3C)n1. The van der Waals surface area contributed by atoms with Gasteiger partial charge in [-0.25, -0.2) is 4.79 Å². The molecule has 0 aliphatic rings. The molecule has 0 saturated heterocycles. The summed E-state index contributed by atoms with van der Waals surface area (Å²) < 4.78 is 3.69. The summed E-state index contributed by atoms with van der Waals surface area (Å²) in [5.41, 5.74) is 7.17. The number of fused-ring (bicyclic) bond motifs is 1. The molecule has 1 aromatic carbocycles. The summed E-state index contributed by atoms with van der Waals surface area (Å²) in [7, 11) is 2.91. The molecule has 0 aliphatic heterocycles. The predicted octanol–water partition coefficient (Wildman–Crippen LogP) is 1.21. The zero-order chi connectivity index (χ0) is 22.3. The van der Waals surface area contributed by atoms with E-state index >= 15 is 0 Å². The van der Waals surface area contributed by atoms with Crippen LogP contribution in [0.3, 0.4) is 0 Å². The van der Waals surface area contributed by atoms with Crippen molar-refractivity contribution in [2.45, 2.75) is 19.9 Å². The van der Waals surface area contributed by atoms with Crippen LogP contribution in [0.1, 0.15) is 18.3 Å². The van der Waals surface area contributed by atoms with E-state index in [-0.39, 0.29) is 40.7 Å². The van der Waals surface area contributed by atoms with E-state index in [4.69, 9.17) is 17.3 Å². The van der Waals surface area contributed by atoms with Crippen molar-refractivity contribution in [2.75, 3.05) is 11.1 Å². The molecular formula is C19H20ClN9O2.